The van der Waals surface area contributed by atoms with Crippen LogP contribution in [0.4, 0.5) is 0 Å². The molecule has 0 saturated carbocycles. The third kappa shape index (κ3) is 6.01. The van der Waals surface area contributed by atoms with Crippen LogP contribution in [0.15, 0.2) is 41.5 Å². The number of nitrogens with one attached hydrogen (secondary N) is 1. The second-order valence-electron chi connectivity index (χ2n) is 5.88. The number of amides is 1. The zero-order valence-corrected chi connectivity index (χ0v) is 16.1. The summed E-state index contributed by atoms with van der Waals surface area (Å²) in [4.78, 5) is 12.2. The highest BCUT2D eigenvalue weighted by atomic mass is 35.5. The lowest BCUT2D eigenvalue weighted by Crippen LogP contribution is -2.33. The van der Waals surface area contributed by atoms with Gasteiger partial charge in [0.15, 0.2) is 12.7 Å². The summed E-state index contributed by atoms with van der Waals surface area (Å²) in [6, 6.07) is 12.5. The summed E-state index contributed by atoms with van der Waals surface area (Å²) < 4.78 is 10.9. The molecule has 0 aromatic heterocycles. The van der Waals surface area contributed by atoms with E-state index in [2.05, 4.69) is 10.5 Å². The number of hydrogen-bond donors (Lipinski definition) is 1. The van der Waals surface area contributed by atoms with Crippen LogP contribution in [-0.2, 0) is 4.79 Å². The largest absolute Gasteiger partial charge is 0.480 e. The van der Waals surface area contributed by atoms with Crippen molar-refractivity contribution in [2.24, 2.45) is 5.10 Å². The van der Waals surface area contributed by atoms with Crippen molar-refractivity contribution in [2.75, 3.05) is 6.61 Å². The van der Waals surface area contributed by atoms with Gasteiger partial charge in [0.2, 0.25) is 0 Å². The molecule has 0 fully saturated rings. The van der Waals surface area contributed by atoms with E-state index in [1.54, 1.807) is 43.3 Å². The van der Waals surface area contributed by atoms with Gasteiger partial charge in [-0.25, -0.2) is 5.43 Å². The lowest BCUT2D eigenvalue weighted by molar-refractivity contribution is -0.127. The smallest absolute Gasteiger partial charge is 0.280 e. The van der Waals surface area contributed by atoms with E-state index < -0.39 is 6.10 Å². The Labute approximate surface area is 163 Å². The number of hydrazone groups is 1. The molecule has 0 saturated heterocycles. The lowest BCUT2D eigenvalue weighted by Gasteiger charge is -2.17. The molecular weight excluding hydrogens is 366 g/mol. The van der Waals surface area contributed by atoms with E-state index in [1.807, 2.05) is 19.9 Å². The van der Waals surface area contributed by atoms with Crippen molar-refractivity contribution in [2.45, 2.75) is 26.9 Å². The molecule has 0 spiro atoms. The summed E-state index contributed by atoms with van der Waals surface area (Å²) in [7, 11) is 0. The molecule has 2 aromatic rings. The highest BCUT2D eigenvalue weighted by Crippen LogP contribution is 2.27. The monoisotopic (exact) mass is 385 g/mol. The van der Waals surface area contributed by atoms with Crippen molar-refractivity contribution < 1.29 is 14.3 Å². The Balaban J connectivity index is 1.91. The number of rotatable bonds is 7. The third-order valence-corrected chi connectivity index (χ3v) is 3.88. The topological polar surface area (TPSA) is 83.7 Å². The van der Waals surface area contributed by atoms with Gasteiger partial charge in [0.25, 0.3) is 5.91 Å². The molecule has 1 atom stereocenters. The molecule has 7 heteroatoms. The molecule has 2 aromatic carbocycles. The zero-order chi connectivity index (χ0) is 19.8. The molecule has 0 heterocycles. The van der Waals surface area contributed by atoms with Crippen LogP contribution in [0, 0.1) is 25.2 Å². The standard InChI is InChI=1S/C20H20ClN3O3/c1-13-10-17(21)11-14(2)19(13)27-15(3)20(25)24-23-12-16-4-6-18(7-5-16)26-9-8-22/h4-7,10-12,15H,9H2,1-3H3,(H,24,25)/b23-12-/t15-/m1/s1. The molecule has 0 aliphatic heterocycles. The van der Waals surface area contributed by atoms with Crippen molar-refractivity contribution in [3.63, 3.8) is 0 Å². The van der Waals surface area contributed by atoms with Crippen LogP contribution in [0.5, 0.6) is 11.5 Å². The van der Waals surface area contributed by atoms with Crippen molar-refractivity contribution in [1.29, 1.82) is 5.26 Å². The molecular formula is C20H20ClN3O3. The number of hydrogen-bond acceptors (Lipinski definition) is 5. The number of benzene rings is 2. The van der Waals surface area contributed by atoms with Gasteiger partial charge in [-0.1, -0.05) is 11.6 Å². The summed E-state index contributed by atoms with van der Waals surface area (Å²) in [5.41, 5.74) is 4.96. The molecule has 1 N–H and O–H groups in total. The Morgan fingerprint density at radius 1 is 1.30 bits per heavy atom. The quantitative estimate of drug-likeness (QED) is 0.580. The first-order valence-electron chi connectivity index (χ1n) is 8.27. The first-order chi connectivity index (χ1) is 12.9. The van der Waals surface area contributed by atoms with Gasteiger partial charge in [-0.2, -0.15) is 10.4 Å². The molecule has 1 amide bonds. The minimum Gasteiger partial charge on any atom is -0.480 e. The van der Waals surface area contributed by atoms with Gasteiger partial charge in [0, 0.05) is 5.02 Å². The van der Waals surface area contributed by atoms with Gasteiger partial charge in [0.05, 0.1) is 6.21 Å². The van der Waals surface area contributed by atoms with Crippen LogP contribution in [-0.4, -0.2) is 24.8 Å². The molecule has 27 heavy (non-hydrogen) atoms. The average molecular weight is 386 g/mol. The first kappa shape index (κ1) is 20.3. The van der Waals surface area contributed by atoms with Crippen LogP contribution in [0.2, 0.25) is 5.02 Å². The first-order valence-corrected chi connectivity index (χ1v) is 8.64. The van der Waals surface area contributed by atoms with E-state index in [0.717, 1.165) is 16.7 Å². The highest BCUT2D eigenvalue weighted by Gasteiger charge is 2.16. The van der Waals surface area contributed by atoms with Crippen LogP contribution in [0.1, 0.15) is 23.6 Å². The number of carbonyl (C=O) groups excluding carboxylic acids is 1. The maximum atomic E-state index is 12.2. The average Bonchev–Trinajstić information content (AvgIpc) is 2.63. The van der Waals surface area contributed by atoms with E-state index in [4.69, 9.17) is 26.3 Å². The Morgan fingerprint density at radius 3 is 2.52 bits per heavy atom. The number of carbonyl (C=O) groups is 1. The summed E-state index contributed by atoms with van der Waals surface area (Å²) >= 11 is 6.01. The van der Waals surface area contributed by atoms with E-state index >= 15 is 0 Å². The van der Waals surface area contributed by atoms with Gasteiger partial charge in [-0.05, 0) is 73.9 Å². The Kier molecular flexibility index (Phi) is 7.21. The van der Waals surface area contributed by atoms with Crippen molar-refractivity contribution in [3.8, 4) is 17.6 Å². The zero-order valence-electron chi connectivity index (χ0n) is 15.3. The predicted octanol–water partition coefficient (Wildman–Crippen LogP) is 3.78. The van der Waals surface area contributed by atoms with Crippen LogP contribution < -0.4 is 14.9 Å². The number of aryl methyl sites for hydroxylation is 2. The third-order valence-electron chi connectivity index (χ3n) is 3.66. The minimum absolute atomic E-state index is 0.00600. The van der Waals surface area contributed by atoms with E-state index in [9.17, 15) is 4.79 Å². The predicted molar refractivity (Wildman–Crippen MR) is 104 cm³/mol. The lowest BCUT2D eigenvalue weighted by atomic mass is 10.1. The summed E-state index contributed by atoms with van der Waals surface area (Å²) in [6.45, 7) is 5.40. The number of ether oxygens (including phenoxy) is 2. The summed E-state index contributed by atoms with van der Waals surface area (Å²) in [5.74, 6) is 0.862. The number of nitrogens with zero attached hydrogens (tertiary/aromatic N) is 2. The fourth-order valence-corrected chi connectivity index (χ4v) is 2.67. The maximum Gasteiger partial charge on any atom is 0.280 e. The van der Waals surface area contributed by atoms with Crippen molar-refractivity contribution >= 4 is 23.7 Å². The van der Waals surface area contributed by atoms with Gasteiger partial charge in [0.1, 0.15) is 17.6 Å². The summed E-state index contributed by atoms with van der Waals surface area (Å²) in [5, 5.41) is 13.0. The van der Waals surface area contributed by atoms with Crippen LogP contribution >= 0.6 is 11.6 Å². The Hall–Kier alpha value is -3.04. The van der Waals surface area contributed by atoms with Crippen LogP contribution in [0.25, 0.3) is 0 Å². The maximum absolute atomic E-state index is 12.2. The molecule has 2 rings (SSSR count). The SMILES string of the molecule is Cc1cc(Cl)cc(C)c1O[C@H](C)C(=O)N/N=C\c1ccc(OCC#N)cc1. The van der Waals surface area contributed by atoms with E-state index in [0.29, 0.717) is 16.5 Å². The Morgan fingerprint density at radius 2 is 1.93 bits per heavy atom. The second-order valence-corrected chi connectivity index (χ2v) is 6.32. The highest BCUT2D eigenvalue weighted by molar-refractivity contribution is 6.30. The normalized spacial score (nSPS) is 11.7. The minimum atomic E-state index is -0.720. The van der Waals surface area contributed by atoms with Gasteiger partial charge >= 0.3 is 0 Å². The molecule has 140 valence electrons. The van der Waals surface area contributed by atoms with E-state index in [1.165, 1.54) is 6.21 Å². The second kappa shape index (κ2) is 9.60. The molecule has 0 aliphatic carbocycles. The van der Waals surface area contributed by atoms with Gasteiger partial charge in [-0.15, -0.1) is 0 Å². The van der Waals surface area contributed by atoms with Crippen molar-refractivity contribution in [3.05, 3.63) is 58.1 Å². The fourth-order valence-electron chi connectivity index (χ4n) is 2.34. The number of nitriles is 1. The molecule has 6 nitrogen and oxygen atoms in total. The molecule has 0 unspecified atom stereocenters. The molecule has 0 bridgehead atoms. The fraction of sp³-hybridized carbons (Fsp3) is 0.250. The van der Waals surface area contributed by atoms with Crippen LogP contribution in [0.3, 0.4) is 0 Å². The van der Waals surface area contributed by atoms with Crippen molar-refractivity contribution in [1.82, 2.24) is 5.43 Å². The van der Waals surface area contributed by atoms with E-state index in [-0.39, 0.29) is 12.5 Å². The number of halogens is 1. The molecule has 0 radical (unpaired) electrons. The van der Waals surface area contributed by atoms with Gasteiger partial charge < -0.3 is 9.47 Å². The molecule has 0 aliphatic rings. The Bertz CT molecular complexity index is 850. The summed E-state index contributed by atoms with van der Waals surface area (Å²) in [6.07, 6.45) is 0.791. The van der Waals surface area contributed by atoms with Gasteiger partial charge in [-0.3, -0.25) is 4.79 Å².